The fourth-order valence-electron chi connectivity index (χ4n) is 3.86. The number of benzene rings is 1. The first-order valence-electron chi connectivity index (χ1n) is 9.47. The van der Waals surface area contributed by atoms with Crippen LogP contribution in [0.2, 0.25) is 0 Å². The maximum absolute atomic E-state index is 5.17. The summed E-state index contributed by atoms with van der Waals surface area (Å²) in [6.45, 7) is 6.03. The summed E-state index contributed by atoms with van der Waals surface area (Å²) in [4.78, 5) is 14.1. The van der Waals surface area contributed by atoms with Gasteiger partial charge in [-0.2, -0.15) is 0 Å². The van der Waals surface area contributed by atoms with Crippen LogP contribution in [0.4, 0.5) is 17.3 Å². The number of ether oxygens (including phenoxy) is 1. The molecule has 0 radical (unpaired) electrons. The summed E-state index contributed by atoms with van der Waals surface area (Å²) in [7, 11) is 1.76. The smallest absolute Gasteiger partial charge is 0.223 e. The summed E-state index contributed by atoms with van der Waals surface area (Å²) >= 11 is 0. The van der Waals surface area contributed by atoms with Crippen LogP contribution in [-0.2, 0) is 11.2 Å². The molecule has 138 valence electrons. The molecular weight excluding hydrogens is 326 g/mol. The number of aromatic nitrogens is 2. The van der Waals surface area contributed by atoms with E-state index >= 15 is 0 Å². The summed E-state index contributed by atoms with van der Waals surface area (Å²) in [6, 6.07) is 10.5. The molecule has 26 heavy (non-hydrogen) atoms. The van der Waals surface area contributed by atoms with Crippen molar-refractivity contribution in [3.8, 4) is 0 Å². The monoisotopic (exact) mass is 353 g/mol. The van der Waals surface area contributed by atoms with Gasteiger partial charge in [0.1, 0.15) is 0 Å². The van der Waals surface area contributed by atoms with E-state index in [-0.39, 0.29) is 0 Å². The summed E-state index contributed by atoms with van der Waals surface area (Å²) in [5.41, 5.74) is 3.48. The van der Waals surface area contributed by atoms with Crippen molar-refractivity contribution in [3.63, 3.8) is 0 Å². The average Bonchev–Trinajstić information content (AvgIpc) is 3.32. The first kappa shape index (κ1) is 17.2. The third kappa shape index (κ3) is 3.81. The van der Waals surface area contributed by atoms with Crippen molar-refractivity contribution in [2.45, 2.75) is 12.8 Å². The van der Waals surface area contributed by atoms with Gasteiger partial charge in [0.2, 0.25) is 5.95 Å². The van der Waals surface area contributed by atoms with E-state index in [4.69, 9.17) is 9.72 Å². The van der Waals surface area contributed by atoms with Gasteiger partial charge in [0.05, 0.1) is 24.2 Å². The molecule has 0 spiro atoms. The van der Waals surface area contributed by atoms with Crippen LogP contribution in [0.3, 0.4) is 0 Å². The van der Waals surface area contributed by atoms with Crippen LogP contribution in [0, 0.1) is 5.92 Å². The zero-order chi connectivity index (χ0) is 17.8. The van der Waals surface area contributed by atoms with E-state index in [0.717, 1.165) is 63.1 Å². The Morgan fingerprint density at radius 2 is 2.12 bits per heavy atom. The molecule has 2 aliphatic rings. The number of para-hydroxylation sites is 1. The van der Waals surface area contributed by atoms with Gasteiger partial charge in [0, 0.05) is 45.4 Å². The molecule has 6 nitrogen and oxygen atoms in total. The maximum Gasteiger partial charge on any atom is 0.223 e. The number of fused-ring (bicyclic) bond motifs is 1. The molecule has 1 atom stereocenters. The van der Waals surface area contributed by atoms with E-state index in [1.54, 1.807) is 7.11 Å². The molecule has 1 aromatic carbocycles. The quantitative estimate of drug-likeness (QED) is 0.826. The van der Waals surface area contributed by atoms with Gasteiger partial charge in [-0.25, -0.2) is 9.97 Å². The molecule has 1 fully saturated rings. The Bertz CT molecular complexity index is 723. The van der Waals surface area contributed by atoms with E-state index in [1.807, 2.05) is 12.3 Å². The largest absolute Gasteiger partial charge is 0.383 e. The van der Waals surface area contributed by atoms with Crippen molar-refractivity contribution in [2.75, 3.05) is 56.7 Å². The summed E-state index contributed by atoms with van der Waals surface area (Å²) in [6.07, 6.45) is 4.16. The SMILES string of the molecule is COCCN1CC[C@@H](CNc2ncc3c(n2)CCN3c2ccccc2)C1. The minimum absolute atomic E-state index is 0.657. The minimum Gasteiger partial charge on any atom is -0.383 e. The van der Waals surface area contributed by atoms with Crippen molar-refractivity contribution in [2.24, 2.45) is 5.92 Å². The maximum atomic E-state index is 5.17. The molecule has 0 unspecified atom stereocenters. The highest BCUT2D eigenvalue weighted by atomic mass is 16.5. The van der Waals surface area contributed by atoms with Gasteiger partial charge in [0.25, 0.3) is 0 Å². The molecule has 6 heteroatoms. The lowest BCUT2D eigenvalue weighted by molar-refractivity contribution is 0.159. The summed E-state index contributed by atoms with van der Waals surface area (Å²) in [5.74, 6) is 1.42. The van der Waals surface area contributed by atoms with Crippen LogP contribution in [0.15, 0.2) is 36.5 Å². The Kier molecular flexibility index (Phi) is 5.32. The Labute approximate surface area is 155 Å². The second-order valence-electron chi connectivity index (χ2n) is 7.09. The van der Waals surface area contributed by atoms with Crippen molar-refractivity contribution in [1.29, 1.82) is 0 Å². The Balaban J connectivity index is 1.34. The molecule has 1 N–H and O–H groups in total. The molecular formula is C20H27N5O. The number of anilines is 3. The standard InChI is InChI=1S/C20H27N5O/c1-26-12-11-24-9-7-16(15-24)13-21-20-22-14-19-18(23-20)8-10-25(19)17-5-3-2-4-6-17/h2-6,14,16H,7-13,15H2,1H3,(H,21,22,23)/t16-/m0/s1. The molecule has 1 saturated heterocycles. The van der Waals surface area contributed by atoms with E-state index < -0.39 is 0 Å². The normalized spacial score (nSPS) is 19.7. The van der Waals surface area contributed by atoms with Gasteiger partial charge in [-0.15, -0.1) is 0 Å². The topological polar surface area (TPSA) is 53.5 Å². The number of nitrogens with zero attached hydrogens (tertiary/aromatic N) is 4. The number of methoxy groups -OCH3 is 1. The summed E-state index contributed by atoms with van der Waals surface area (Å²) in [5, 5.41) is 3.45. The van der Waals surface area contributed by atoms with Gasteiger partial charge < -0.3 is 19.9 Å². The summed E-state index contributed by atoms with van der Waals surface area (Å²) < 4.78 is 5.17. The lowest BCUT2D eigenvalue weighted by Gasteiger charge is -2.19. The number of likely N-dealkylation sites (tertiary alicyclic amines) is 1. The Morgan fingerprint density at radius 3 is 2.96 bits per heavy atom. The molecule has 2 aliphatic heterocycles. The van der Waals surface area contributed by atoms with Crippen LogP contribution >= 0.6 is 0 Å². The number of hydrogen-bond donors (Lipinski definition) is 1. The predicted octanol–water partition coefficient (Wildman–Crippen LogP) is 2.55. The third-order valence-corrected chi connectivity index (χ3v) is 5.31. The van der Waals surface area contributed by atoms with E-state index in [2.05, 4.69) is 44.4 Å². The number of hydrogen-bond acceptors (Lipinski definition) is 6. The molecule has 3 heterocycles. The van der Waals surface area contributed by atoms with Crippen LogP contribution in [-0.4, -0.2) is 61.3 Å². The molecule has 0 saturated carbocycles. The fraction of sp³-hybridized carbons (Fsp3) is 0.500. The lowest BCUT2D eigenvalue weighted by atomic mass is 10.1. The van der Waals surface area contributed by atoms with Crippen molar-refractivity contribution < 1.29 is 4.74 Å². The van der Waals surface area contributed by atoms with Crippen LogP contribution in [0.5, 0.6) is 0 Å². The highest BCUT2D eigenvalue weighted by Crippen LogP contribution is 2.33. The van der Waals surface area contributed by atoms with E-state index in [1.165, 1.54) is 12.1 Å². The average molecular weight is 353 g/mol. The highest BCUT2D eigenvalue weighted by molar-refractivity contribution is 5.68. The molecule has 1 aromatic heterocycles. The zero-order valence-electron chi connectivity index (χ0n) is 15.4. The van der Waals surface area contributed by atoms with Crippen LogP contribution < -0.4 is 10.2 Å². The molecule has 0 bridgehead atoms. The molecule has 0 aliphatic carbocycles. The van der Waals surface area contributed by atoms with Gasteiger partial charge in [0.15, 0.2) is 0 Å². The first-order chi connectivity index (χ1) is 12.8. The predicted molar refractivity (Wildman–Crippen MR) is 104 cm³/mol. The van der Waals surface area contributed by atoms with E-state index in [0.29, 0.717) is 5.92 Å². The third-order valence-electron chi connectivity index (χ3n) is 5.31. The number of rotatable bonds is 7. The Hall–Kier alpha value is -2.18. The van der Waals surface area contributed by atoms with Gasteiger partial charge in [-0.05, 0) is 31.0 Å². The zero-order valence-corrected chi connectivity index (χ0v) is 15.4. The minimum atomic E-state index is 0.657. The van der Waals surface area contributed by atoms with Crippen molar-refractivity contribution in [1.82, 2.24) is 14.9 Å². The van der Waals surface area contributed by atoms with Gasteiger partial charge in [-0.1, -0.05) is 18.2 Å². The van der Waals surface area contributed by atoms with E-state index in [9.17, 15) is 0 Å². The molecule has 0 amide bonds. The number of nitrogens with one attached hydrogen (secondary N) is 1. The van der Waals surface area contributed by atoms with Crippen molar-refractivity contribution in [3.05, 3.63) is 42.2 Å². The molecule has 2 aromatic rings. The first-order valence-corrected chi connectivity index (χ1v) is 9.47. The van der Waals surface area contributed by atoms with Crippen LogP contribution in [0.25, 0.3) is 0 Å². The van der Waals surface area contributed by atoms with Crippen LogP contribution in [0.1, 0.15) is 12.1 Å². The fourth-order valence-corrected chi connectivity index (χ4v) is 3.86. The molecule has 4 rings (SSSR count). The highest BCUT2D eigenvalue weighted by Gasteiger charge is 2.24. The lowest BCUT2D eigenvalue weighted by Crippen LogP contribution is -2.26. The van der Waals surface area contributed by atoms with Gasteiger partial charge >= 0.3 is 0 Å². The van der Waals surface area contributed by atoms with Crippen molar-refractivity contribution >= 4 is 17.3 Å². The second kappa shape index (κ2) is 8.01. The second-order valence-corrected chi connectivity index (χ2v) is 7.09. The van der Waals surface area contributed by atoms with Gasteiger partial charge in [-0.3, -0.25) is 0 Å². The Morgan fingerprint density at radius 1 is 1.23 bits per heavy atom.